The van der Waals surface area contributed by atoms with Gasteiger partial charge in [0, 0.05) is 17.5 Å². The van der Waals surface area contributed by atoms with Crippen molar-refractivity contribution < 1.29 is 0 Å². The minimum atomic E-state index is 0.368. The Morgan fingerprint density at radius 1 is 1.50 bits per heavy atom. The van der Waals surface area contributed by atoms with Crippen molar-refractivity contribution in [3.63, 3.8) is 0 Å². The van der Waals surface area contributed by atoms with Crippen molar-refractivity contribution in [2.45, 2.75) is 17.5 Å². The highest BCUT2D eigenvalue weighted by Crippen LogP contribution is 2.33. The predicted octanol–water partition coefficient (Wildman–Crippen LogP) is 1.14. The molecule has 0 saturated carbocycles. The summed E-state index contributed by atoms with van der Waals surface area (Å²) in [6, 6.07) is 0.368. The molecule has 1 aliphatic rings. The van der Waals surface area contributed by atoms with Crippen LogP contribution in [0.2, 0.25) is 0 Å². The first-order chi connectivity index (χ1) is 3.80. The second kappa shape index (κ2) is 2.99. The zero-order valence-electron chi connectivity index (χ0n) is 4.96. The van der Waals surface area contributed by atoms with Gasteiger partial charge in [0.1, 0.15) is 0 Å². The molecule has 1 fully saturated rings. The van der Waals surface area contributed by atoms with E-state index in [0.717, 1.165) is 0 Å². The third kappa shape index (κ3) is 1.57. The van der Waals surface area contributed by atoms with Gasteiger partial charge in [-0.25, -0.2) is 0 Å². The van der Waals surface area contributed by atoms with Crippen molar-refractivity contribution in [2.24, 2.45) is 5.73 Å². The fourth-order valence-corrected chi connectivity index (χ4v) is 3.48. The van der Waals surface area contributed by atoms with E-state index >= 15 is 0 Å². The second-order valence-electron chi connectivity index (χ2n) is 1.97. The summed E-state index contributed by atoms with van der Waals surface area (Å²) in [6.07, 6.45) is 0. The zero-order chi connectivity index (χ0) is 5.98. The van der Waals surface area contributed by atoms with Gasteiger partial charge in [-0.3, -0.25) is 0 Å². The van der Waals surface area contributed by atoms with E-state index in [9.17, 15) is 0 Å². The SMILES string of the molecule is CC(N)C1SCCS1. The summed E-state index contributed by atoms with van der Waals surface area (Å²) >= 11 is 3.98. The molecule has 1 rings (SSSR count). The highest BCUT2D eigenvalue weighted by atomic mass is 32.2. The summed E-state index contributed by atoms with van der Waals surface area (Å²) in [5, 5.41) is 0. The van der Waals surface area contributed by atoms with Gasteiger partial charge in [-0.1, -0.05) is 0 Å². The van der Waals surface area contributed by atoms with E-state index < -0.39 is 0 Å². The van der Waals surface area contributed by atoms with Crippen LogP contribution in [-0.2, 0) is 0 Å². The maximum Gasteiger partial charge on any atom is 0.0651 e. The Labute approximate surface area is 58.8 Å². The van der Waals surface area contributed by atoms with Gasteiger partial charge in [0.05, 0.1) is 4.58 Å². The van der Waals surface area contributed by atoms with Crippen molar-refractivity contribution in [3.05, 3.63) is 0 Å². The van der Waals surface area contributed by atoms with Crippen molar-refractivity contribution in [2.75, 3.05) is 11.5 Å². The zero-order valence-corrected chi connectivity index (χ0v) is 6.60. The van der Waals surface area contributed by atoms with Crippen LogP contribution < -0.4 is 5.73 Å². The molecule has 0 aromatic carbocycles. The lowest BCUT2D eigenvalue weighted by Crippen LogP contribution is -2.24. The van der Waals surface area contributed by atoms with Gasteiger partial charge < -0.3 is 5.73 Å². The average Bonchev–Trinajstić information content (AvgIpc) is 2.12. The van der Waals surface area contributed by atoms with Crippen LogP contribution in [0.1, 0.15) is 6.92 Å². The minimum absolute atomic E-state index is 0.368. The Morgan fingerprint density at radius 2 is 2.00 bits per heavy atom. The van der Waals surface area contributed by atoms with Gasteiger partial charge in [-0.15, -0.1) is 23.5 Å². The van der Waals surface area contributed by atoms with Crippen LogP contribution in [0.4, 0.5) is 0 Å². The fourth-order valence-electron chi connectivity index (χ4n) is 0.680. The van der Waals surface area contributed by atoms with Crippen LogP contribution in [0.3, 0.4) is 0 Å². The molecule has 1 heterocycles. The van der Waals surface area contributed by atoms with E-state index in [1.807, 2.05) is 23.5 Å². The first kappa shape index (κ1) is 6.78. The van der Waals surface area contributed by atoms with Gasteiger partial charge in [0.15, 0.2) is 0 Å². The Morgan fingerprint density at radius 3 is 2.25 bits per heavy atom. The van der Waals surface area contributed by atoms with Gasteiger partial charge in [-0.2, -0.15) is 0 Å². The van der Waals surface area contributed by atoms with E-state index in [4.69, 9.17) is 5.73 Å². The van der Waals surface area contributed by atoms with Crippen LogP contribution in [0.15, 0.2) is 0 Å². The summed E-state index contributed by atoms with van der Waals surface area (Å²) in [7, 11) is 0. The topological polar surface area (TPSA) is 26.0 Å². The molecule has 1 aliphatic heterocycles. The Balaban J connectivity index is 2.24. The van der Waals surface area contributed by atoms with E-state index in [1.165, 1.54) is 11.5 Å². The number of hydrogen-bond acceptors (Lipinski definition) is 3. The van der Waals surface area contributed by atoms with Crippen molar-refractivity contribution in [1.29, 1.82) is 0 Å². The van der Waals surface area contributed by atoms with Crippen molar-refractivity contribution >= 4 is 23.5 Å². The third-order valence-corrected chi connectivity index (χ3v) is 4.55. The molecule has 0 aliphatic carbocycles. The molecular formula is C5H11NS2. The molecule has 1 saturated heterocycles. The predicted molar refractivity (Wildman–Crippen MR) is 42.4 cm³/mol. The van der Waals surface area contributed by atoms with Crippen LogP contribution >= 0.6 is 23.5 Å². The summed E-state index contributed by atoms with van der Waals surface area (Å²) in [4.78, 5) is 0. The summed E-state index contributed by atoms with van der Waals surface area (Å²) < 4.78 is 0.676. The molecule has 2 N–H and O–H groups in total. The van der Waals surface area contributed by atoms with E-state index in [0.29, 0.717) is 10.6 Å². The highest BCUT2D eigenvalue weighted by molar-refractivity contribution is 8.20. The van der Waals surface area contributed by atoms with Gasteiger partial charge in [-0.05, 0) is 6.92 Å². The van der Waals surface area contributed by atoms with E-state index in [-0.39, 0.29) is 0 Å². The van der Waals surface area contributed by atoms with E-state index in [1.54, 1.807) is 0 Å². The number of thioether (sulfide) groups is 2. The molecule has 3 heteroatoms. The van der Waals surface area contributed by atoms with Crippen LogP contribution in [0.25, 0.3) is 0 Å². The first-order valence-electron chi connectivity index (χ1n) is 2.79. The highest BCUT2D eigenvalue weighted by Gasteiger charge is 2.19. The lowest BCUT2D eigenvalue weighted by molar-refractivity contribution is 0.820. The number of hydrogen-bond donors (Lipinski definition) is 1. The molecule has 0 bridgehead atoms. The normalized spacial score (nSPS) is 26.2. The maximum atomic E-state index is 5.66. The number of nitrogens with two attached hydrogens (primary N) is 1. The molecule has 0 spiro atoms. The molecule has 1 atom stereocenters. The largest absolute Gasteiger partial charge is 0.326 e. The first-order valence-corrected chi connectivity index (χ1v) is 4.89. The monoisotopic (exact) mass is 149 g/mol. The third-order valence-electron chi connectivity index (χ3n) is 1.08. The minimum Gasteiger partial charge on any atom is -0.326 e. The smallest absolute Gasteiger partial charge is 0.0651 e. The van der Waals surface area contributed by atoms with Gasteiger partial charge >= 0.3 is 0 Å². The quantitative estimate of drug-likeness (QED) is 0.605. The Kier molecular flexibility index (Phi) is 2.53. The molecule has 0 amide bonds. The molecule has 1 nitrogen and oxygen atoms in total. The Hall–Kier alpha value is 0.660. The van der Waals surface area contributed by atoms with Crippen LogP contribution in [0, 0.1) is 0 Å². The fraction of sp³-hybridized carbons (Fsp3) is 1.00. The van der Waals surface area contributed by atoms with Gasteiger partial charge in [0.25, 0.3) is 0 Å². The molecular weight excluding hydrogens is 138 g/mol. The van der Waals surface area contributed by atoms with Crippen LogP contribution in [-0.4, -0.2) is 22.1 Å². The number of rotatable bonds is 1. The maximum absolute atomic E-state index is 5.66. The Bertz CT molecular complexity index is 68.8. The molecule has 0 aromatic heterocycles. The molecule has 1 unspecified atom stereocenters. The lowest BCUT2D eigenvalue weighted by atomic mass is 10.4. The second-order valence-corrected chi connectivity index (χ2v) is 4.77. The molecule has 8 heavy (non-hydrogen) atoms. The van der Waals surface area contributed by atoms with Crippen molar-refractivity contribution in [1.82, 2.24) is 0 Å². The summed E-state index contributed by atoms with van der Waals surface area (Å²) in [5.74, 6) is 2.58. The average molecular weight is 149 g/mol. The van der Waals surface area contributed by atoms with Crippen molar-refractivity contribution in [3.8, 4) is 0 Å². The van der Waals surface area contributed by atoms with Crippen LogP contribution in [0.5, 0.6) is 0 Å². The molecule has 0 radical (unpaired) electrons. The summed E-state index contributed by atoms with van der Waals surface area (Å²) in [5.41, 5.74) is 5.66. The molecule has 0 aromatic rings. The molecule has 48 valence electrons. The standard InChI is InChI=1S/C5H11NS2/c1-4(6)5-7-2-3-8-5/h4-5H,2-3,6H2,1H3. The van der Waals surface area contributed by atoms with E-state index in [2.05, 4.69) is 6.92 Å². The summed E-state index contributed by atoms with van der Waals surface area (Å²) in [6.45, 7) is 2.08. The lowest BCUT2D eigenvalue weighted by Gasteiger charge is -2.10. The van der Waals surface area contributed by atoms with Gasteiger partial charge in [0.2, 0.25) is 0 Å².